The summed E-state index contributed by atoms with van der Waals surface area (Å²) in [6.07, 6.45) is 0. The van der Waals surface area contributed by atoms with E-state index in [2.05, 4.69) is 0 Å². The van der Waals surface area contributed by atoms with E-state index >= 15 is 0 Å². The topological polar surface area (TPSA) is 92.5 Å². The molecule has 0 spiro atoms. The minimum atomic E-state index is -3.81. The number of benzene rings is 6. The summed E-state index contributed by atoms with van der Waals surface area (Å²) in [5.41, 5.74) is 0. The minimum Gasteiger partial charge on any atom is -0.487 e. The van der Waals surface area contributed by atoms with Gasteiger partial charge >= 0.3 is 28.9 Å². The zero-order chi connectivity index (χ0) is 35.5. The van der Waals surface area contributed by atoms with Crippen molar-refractivity contribution in [1.29, 1.82) is 0 Å². The maximum Gasteiger partial charge on any atom is 0.453 e. The summed E-state index contributed by atoms with van der Waals surface area (Å²) in [4.78, 5) is 0. The molecule has 0 saturated carbocycles. The van der Waals surface area contributed by atoms with Crippen molar-refractivity contribution >= 4 is 23.1 Å². The number of para-hydroxylation sites is 6. The van der Waals surface area contributed by atoms with E-state index in [0.29, 0.717) is 34.5 Å². The molecule has 6 aromatic rings. The maximum atomic E-state index is 6.95. The molecule has 262 valence electrons. The fraction of sp³-hybridized carbons (Fsp3) is 0.100. The second kappa shape index (κ2) is 16.8. The average molecular weight is 749 g/mol. The predicted octanol–water partition coefficient (Wildman–Crippen LogP) is 12.7. The maximum absolute atomic E-state index is 6.95. The van der Waals surface area contributed by atoms with Gasteiger partial charge in [-0.25, -0.2) is 0 Å². The molecule has 0 bridgehead atoms. The van der Waals surface area contributed by atoms with E-state index in [1.54, 1.807) is 0 Å². The van der Waals surface area contributed by atoms with Crippen molar-refractivity contribution < 1.29 is 27.4 Å². The molecule has 7 rings (SSSR count). The van der Waals surface area contributed by atoms with Gasteiger partial charge < -0.3 is 22.8 Å². The van der Waals surface area contributed by atoms with Gasteiger partial charge in [-0.05, 0) is 79.7 Å². The summed E-state index contributed by atoms with van der Waals surface area (Å²) in [6, 6.07) is 56.8. The van der Waals surface area contributed by atoms with Crippen molar-refractivity contribution in [2.75, 3.05) is 6.61 Å². The summed E-state index contributed by atoms with van der Waals surface area (Å²) in [5, 5.41) is 0. The molecule has 52 heavy (non-hydrogen) atoms. The summed E-state index contributed by atoms with van der Waals surface area (Å²) in [7, 11) is -9.19. The number of hydrogen-bond acceptors (Lipinski definition) is 9. The average Bonchev–Trinajstić information content (AvgIpc) is 3.18. The fourth-order valence-corrected chi connectivity index (χ4v) is 13.0. The summed E-state index contributed by atoms with van der Waals surface area (Å²) < 4.78 is 57.1. The summed E-state index contributed by atoms with van der Waals surface area (Å²) in [6.45, 7) is 2.05. The Hall–Kier alpha value is -5.32. The highest BCUT2D eigenvalue weighted by Crippen LogP contribution is 2.70. The molecule has 1 aliphatic rings. The Balaban J connectivity index is 1.51. The van der Waals surface area contributed by atoms with Gasteiger partial charge in [0.05, 0.1) is 0 Å². The second-order valence-electron chi connectivity index (χ2n) is 11.4. The van der Waals surface area contributed by atoms with Gasteiger partial charge in [0.25, 0.3) is 0 Å². The van der Waals surface area contributed by atoms with E-state index in [-0.39, 0.29) is 6.61 Å². The molecule has 6 aromatic carbocycles. The molecule has 12 heteroatoms. The molecule has 9 nitrogen and oxygen atoms in total. The van der Waals surface area contributed by atoms with E-state index in [0.717, 1.165) is 0 Å². The molecule has 0 fully saturated rings. The van der Waals surface area contributed by atoms with Gasteiger partial charge in [0, 0.05) is 0 Å². The largest absolute Gasteiger partial charge is 0.487 e. The van der Waals surface area contributed by atoms with Crippen LogP contribution >= 0.6 is 23.1 Å². The van der Waals surface area contributed by atoms with Crippen molar-refractivity contribution in [2.45, 2.75) is 18.5 Å². The van der Waals surface area contributed by atoms with Gasteiger partial charge in [-0.2, -0.15) is 4.74 Å². The van der Waals surface area contributed by atoms with Crippen molar-refractivity contribution in [3.63, 3.8) is 0 Å². The van der Waals surface area contributed by atoms with E-state index in [4.69, 9.17) is 41.4 Å². The third-order valence-electron chi connectivity index (χ3n) is 7.50. The predicted molar refractivity (Wildman–Crippen MR) is 209 cm³/mol. The number of hydrogen-bond donors (Lipinski definition) is 0. The molecule has 0 amide bonds. The van der Waals surface area contributed by atoms with Crippen molar-refractivity contribution in [2.24, 2.45) is 14.0 Å². The lowest BCUT2D eigenvalue weighted by molar-refractivity contribution is 0.313. The minimum absolute atomic E-state index is 0.108. The van der Waals surface area contributed by atoms with Gasteiger partial charge in [0.2, 0.25) is 0 Å². The lowest BCUT2D eigenvalue weighted by atomic mass is 10.3. The Morgan fingerprint density at radius 1 is 0.481 bits per heavy atom. The molecule has 0 radical (unpaired) electrons. The highest BCUT2D eigenvalue weighted by molar-refractivity contribution is 7.69. The zero-order valence-corrected chi connectivity index (χ0v) is 31.0. The van der Waals surface area contributed by atoms with E-state index in [9.17, 15) is 0 Å². The van der Waals surface area contributed by atoms with Crippen LogP contribution in [0, 0.1) is 0 Å². The quantitative estimate of drug-likeness (QED) is 0.109. The van der Waals surface area contributed by atoms with Crippen LogP contribution in [0.4, 0.5) is 0 Å². The van der Waals surface area contributed by atoms with Crippen LogP contribution in [0.1, 0.15) is 6.92 Å². The van der Waals surface area contributed by atoms with Crippen LogP contribution < -0.4 is 27.4 Å². The molecular weight excluding hydrogens is 711 g/mol. The fourth-order valence-electron chi connectivity index (χ4n) is 5.05. The van der Waals surface area contributed by atoms with Crippen molar-refractivity contribution in [3.05, 3.63) is 182 Å². The first-order valence-corrected chi connectivity index (χ1v) is 21.2. The molecule has 3 atom stereocenters. The van der Waals surface area contributed by atoms with Crippen LogP contribution in [0.15, 0.2) is 196 Å². The Bertz CT molecular complexity index is 2070. The first kappa shape index (κ1) is 35.1. The molecule has 0 aliphatic carbocycles. The normalized spacial score (nSPS) is 18.1. The Labute approximate surface area is 305 Å². The molecule has 0 saturated heterocycles. The highest BCUT2D eigenvalue weighted by atomic mass is 31.2. The van der Waals surface area contributed by atoms with Crippen molar-refractivity contribution in [3.8, 4) is 34.5 Å². The smallest absolute Gasteiger partial charge is 0.453 e. The SMILES string of the molecule is CC1N=[P+](Oc2ccccc2)C(COc2ccccc2)N=P(Oc2ccccc2)(Oc2ccccc2)N=P1(Oc1ccccc1)Oc1ccccc1. The first-order chi connectivity index (χ1) is 25.6. The third kappa shape index (κ3) is 9.12. The van der Waals surface area contributed by atoms with Crippen LogP contribution in [0.25, 0.3) is 0 Å². The molecule has 0 N–H and O–H groups in total. The van der Waals surface area contributed by atoms with Gasteiger partial charge in [0.15, 0.2) is 18.1 Å². The van der Waals surface area contributed by atoms with Gasteiger partial charge in [-0.3, -0.25) is 4.52 Å². The van der Waals surface area contributed by atoms with Crippen LogP contribution in [-0.4, -0.2) is 18.2 Å². The van der Waals surface area contributed by atoms with Gasteiger partial charge in [-0.1, -0.05) is 114 Å². The van der Waals surface area contributed by atoms with E-state index in [1.807, 2.05) is 189 Å². The Morgan fingerprint density at radius 3 is 1.27 bits per heavy atom. The summed E-state index contributed by atoms with van der Waals surface area (Å²) >= 11 is 0. The number of rotatable bonds is 13. The van der Waals surface area contributed by atoms with Gasteiger partial charge in [-0.15, -0.1) is 4.52 Å². The van der Waals surface area contributed by atoms with Gasteiger partial charge in [0.1, 0.15) is 28.7 Å². The Kier molecular flexibility index (Phi) is 11.3. The van der Waals surface area contributed by atoms with Crippen LogP contribution in [0.2, 0.25) is 0 Å². The number of ether oxygens (including phenoxy) is 1. The van der Waals surface area contributed by atoms with Crippen LogP contribution in [0.5, 0.6) is 34.5 Å². The Morgan fingerprint density at radius 2 is 0.846 bits per heavy atom. The molecule has 1 heterocycles. The van der Waals surface area contributed by atoms with Crippen LogP contribution in [-0.2, 0) is 0 Å². The first-order valence-electron chi connectivity index (χ1n) is 16.7. The molecule has 3 unspecified atom stereocenters. The molecule has 0 aromatic heterocycles. The zero-order valence-electron chi connectivity index (χ0n) is 28.3. The van der Waals surface area contributed by atoms with Crippen LogP contribution in [0.3, 0.4) is 0 Å². The van der Waals surface area contributed by atoms with E-state index in [1.165, 1.54) is 0 Å². The molecular formula is C40H37N3O6P3+. The standard InChI is InChI=1S/C40H37N3O6P3/c1-33-41-50(45-35-22-10-3-11-23-35)40(32-44-34-20-8-2-9-21-34)42-52(48-38-28-16-6-17-29-38,49-39-30-18-7-19-31-39)43-51(33,46-36-24-12-4-13-25-36)47-37-26-14-5-15-27-37/h2-31,33,40H,32H2,1H3/q+1. The third-order valence-corrected chi connectivity index (χ3v) is 15.0. The monoisotopic (exact) mass is 748 g/mol. The number of nitrogens with zero attached hydrogens (tertiary/aromatic N) is 3. The highest BCUT2D eigenvalue weighted by Gasteiger charge is 2.49. The van der Waals surface area contributed by atoms with E-state index < -0.39 is 34.7 Å². The summed E-state index contributed by atoms with van der Waals surface area (Å²) in [5.74, 6) is 2.05. The van der Waals surface area contributed by atoms with Crippen molar-refractivity contribution in [1.82, 2.24) is 0 Å². The second-order valence-corrected chi connectivity index (χ2v) is 17.6. The lowest BCUT2D eigenvalue weighted by Crippen LogP contribution is -2.20. The molecule has 1 aliphatic heterocycles. The lowest BCUT2D eigenvalue weighted by Gasteiger charge is -2.31.